The number of carbonyl (C=O) groups excluding carboxylic acids is 2. The largest absolute Gasteiger partial charge is 0.324 e. The van der Waals surface area contributed by atoms with Gasteiger partial charge in [0, 0.05) is 12.6 Å². The number of halogens is 2. The lowest BCUT2D eigenvalue weighted by Gasteiger charge is -2.18. The van der Waals surface area contributed by atoms with Gasteiger partial charge in [0.1, 0.15) is 5.82 Å². The van der Waals surface area contributed by atoms with Crippen molar-refractivity contribution in [2.24, 2.45) is 5.73 Å². The van der Waals surface area contributed by atoms with E-state index in [4.69, 9.17) is 5.73 Å². The number of benzene rings is 1. The van der Waals surface area contributed by atoms with Crippen molar-refractivity contribution >= 4 is 35.6 Å². The SMILES string of the molecule is CC(=O)Nc1cc(NC(=O)C(C)(C)N)ccc1F.Cl. The van der Waals surface area contributed by atoms with Crippen LogP contribution in [-0.2, 0) is 9.59 Å². The molecule has 0 radical (unpaired) electrons. The van der Waals surface area contributed by atoms with E-state index in [0.29, 0.717) is 5.69 Å². The van der Waals surface area contributed by atoms with Gasteiger partial charge in [-0.25, -0.2) is 4.39 Å². The van der Waals surface area contributed by atoms with E-state index in [1.165, 1.54) is 19.1 Å². The first-order valence-electron chi connectivity index (χ1n) is 5.37. The Labute approximate surface area is 117 Å². The fraction of sp³-hybridized carbons (Fsp3) is 0.333. The molecule has 5 nitrogen and oxygen atoms in total. The third-order valence-corrected chi connectivity index (χ3v) is 2.12. The Morgan fingerprint density at radius 3 is 2.32 bits per heavy atom. The number of rotatable bonds is 3. The molecular formula is C12H17ClFN3O2. The lowest BCUT2D eigenvalue weighted by atomic mass is 10.1. The van der Waals surface area contributed by atoms with Gasteiger partial charge in [-0.3, -0.25) is 9.59 Å². The molecule has 0 saturated heterocycles. The van der Waals surface area contributed by atoms with Gasteiger partial charge in [0.2, 0.25) is 11.8 Å². The Morgan fingerprint density at radius 2 is 1.84 bits per heavy atom. The highest BCUT2D eigenvalue weighted by Crippen LogP contribution is 2.20. The van der Waals surface area contributed by atoms with Crippen molar-refractivity contribution in [1.82, 2.24) is 0 Å². The van der Waals surface area contributed by atoms with Crippen LogP contribution >= 0.6 is 12.4 Å². The zero-order valence-corrected chi connectivity index (χ0v) is 11.7. The minimum absolute atomic E-state index is 0. The Bertz CT molecular complexity index is 486. The maximum absolute atomic E-state index is 13.3. The van der Waals surface area contributed by atoms with Crippen LogP contribution in [0.2, 0.25) is 0 Å². The molecule has 0 spiro atoms. The van der Waals surface area contributed by atoms with Gasteiger partial charge in [-0.15, -0.1) is 12.4 Å². The number of nitrogens with two attached hydrogens (primary N) is 1. The second-order valence-electron chi connectivity index (χ2n) is 4.55. The minimum atomic E-state index is -1.04. The van der Waals surface area contributed by atoms with E-state index in [1.54, 1.807) is 13.8 Å². The minimum Gasteiger partial charge on any atom is -0.324 e. The summed E-state index contributed by atoms with van der Waals surface area (Å²) >= 11 is 0. The molecule has 0 fully saturated rings. The summed E-state index contributed by atoms with van der Waals surface area (Å²) in [6.45, 7) is 4.38. The maximum atomic E-state index is 13.3. The second-order valence-corrected chi connectivity index (χ2v) is 4.55. The van der Waals surface area contributed by atoms with Gasteiger partial charge >= 0.3 is 0 Å². The third-order valence-electron chi connectivity index (χ3n) is 2.12. The van der Waals surface area contributed by atoms with Crippen LogP contribution in [0.4, 0.5) is 15.8 Å². The van der Waals surface area contributed by atoms with E-state index in [-0.39, 0.29) is 18.1 Å². The molecule has 19 heavy (non-hydrogen) atoms. The second kappa shape index (κ2) is 6.49. The Morgan fingerprint density at radius 1 is 1.26 bits per heavy atom. The topological polar surface area (TPSA) is 84.2 Å². The molecule has 0 aliphatic carbocycles. The fourth-order valence-corrected chi connectivity index (χ4v) is 1.18. The summed E-state index contributed by atoms with van der Waals surface area (Å²) in [5.41, 5.74) is 4.95. The molecule has 1 aromatic carbocycles. The molecule has 4 N–H and O–H groups in total. The molecule has 1 rings (SSSR count). The van der Waals surface area contributed by atoms with Gasteiger partial charge in [-0.2, -0.15) is 0 Å². The zero-order chi connectivity index (χ0) is 13.9. The van der Waals surface area contributed by atoms with Crippen LogP contribution in [0.15, 0.2) is 18.2 Å². The van der Waals surface area contributed by atoms with Crippen LogP contribution in [0.3, 0.4) is 0 Å². The summed E-state index contributed by atoms with van der Waals surface area (Å²) in [7, 11) is 0. The van der Waals surface area contributed by atoms with Crippen LogP contribution < -0.4 is 16.4 Å². The molecule has 0 aliphatic rings. The smallest absolute Gasteiger partial charge is 0.243 e. The third kappa shape index (κ3) is 5.23. The van der Waals surface area contributed by atoms with E-state index in [9.17, 15) is 14.0 Å². The standard InChI is InChI=1S/C12H16FN3O2.ClH/c1-7(17)15-10-6-8(4-5-9(10)13)16-11(18)12(2,3)14;/h4-6H,14H2,1-3H3,(H,15,17)(H,16,18);1H. The number of amides is 2. The van der Waals surface area contributed by atoms with Gasteiger partial charge in [0.15, 0.2) is 0 Å². The molecule has 2 amide bonds. The summed E-state index contributed by atoms with van der Waals surface area (Å²) in [6.07, 6.45) is 0. The monoisotopic (exact) mass is 289 g/mol. The summed E-state index contributed by atoms with van der Waals surface area (Å²) in [4.78, 5) is 22.5. The average Bonchev–Trinajstić information content (AvgIpc) is 2.20. The predicted octanol–water partition coefficient (Wildman–Crippen LogP) is 1.88. The quantitative estimate of drug-likeness (QED) is 0.794. The van der Waals surface area contributed by atoms with Crippen molar-refractivity contribution < 1.29 is 14.0 Å². The van der Waals surface area contributed by atoms with Gasteiger partial charge in [0.25, 0.3) is 0 Å². The van der Waals surface area contributed by atoms with Gasteiger partial charge in [-0.1, -0.05) is 0 Å². The highest BCUT2D eigenvalue weighted by atomic mass is 35.5. The highest BCUT2D eigenvalue weighted by molar-refractivity contribution is 5.98. The molecule has 7 heteroatoms. The van der Waals surface area contributed by atoms with E-state index in [1.807, 2.05) is 0 Å². The van der Waals surface area contributed by atoms with E-state index < -0.39 is 23.2 Å². The lowest BCUT2D eigenvalue weighted by Crippen LogP contribution is -2.45. The Balaban J connectivity index is 0.00000324. The van der Waals surface area contributed by atoms with Gasteiger partial charge < -0.3 is 16.4 Å². The van der Waals surface area contributed by atoms with E-state index >= 15 is 0 Å². The van der Waals surface area contributed by atoms with Crippen molar-refractivity contribution in [2.45, 2.75) is 26.3 Å². The Hall–Kier alpha value is -1.66. The normalized spacial score (nSPS) is 10.4. The van der Waals surface area contributed by atoms with Crippen LogP contribution in [0.25, 0.3) is 0 Å². The first kappa shape index (κ1) is 17.3. The number of carbonyl (C=O) groups is 2. The van der Waals surface area contributed by atoms with Crippen LogP contribution in [0.5, 0.6) is 0 Å². The molecule has 0 saturated carbocycles. The fourth-order valence-electron chi connectivity index (χ4n) is 1.18. The highest BCUT2D eigenvalue weighted by Gasteiger charge is 2.22. The molecule has 0 atom stereocenters. The van der Waals surface area contributed by atoms with E-state index in [0.717, 1.165) is 6.07 Å². The molecule has 106 valence electrons. The number of anilines is 2. The molecule has 0 bridgehead atoms. The molecule has 0 heterocycles. The lowest BCUT2D eigenvalue weighted by molar-refractivity contribution is -0.120. The average molecular weight is 290 g/mol. The number of hydrogen-bond donors (Lipinski definition) is 3. The predicted molar refractivity (Wildman–Crippen MR) is 74.8 cm³/mol. The summed E-state index contributed by atoms with van der Waals surface area (Å²) in [5, 5.41) is 4.87. The van der Waals surface area contributed by atoms with Crippen LogP contribution in [-0.4, -0.2) is 17.4 Å². The van der Waals surface area contributed by atoms with Crippen molar-refractivity contribution in [3.05, 3.63) is 24.0 Å². The molecule has 0 unspecified atom stereocenters. The first-order valence-corrected chi connectivity index (χ1v) is 5.37. The summed E-state index contributed by atoms with van der Waals surface area (Å²) in [5.74, 6) is -1.37. The van der Waals surface area contributed by atoms with Crippen molar-refractivity contribution in [3.63, 3.8) is 0 Å². The summed E-state index contributed by atoms with van der Waals surface area (Å²) < 4.78 is 13.3. The zero-order valence-electron chi connectivity index (χ0n) is 10.9. The van der Waals surface area contributed by atoms with Crippen LogP contribution in [0.1, 0.15) is 20.8 Å². The maximum Gasteiger partial charge on any atom is 0.243 e. The Kier molecular flexibility index (Phi) is 5.92. The number of hydrogen-bond acceptors (Lipinski definition) is 3. The molecule has 1 aromatic rings. The molecular weight excluding hydrogens is 273 g/mol. The van der Waals surface area contributed by atoms with Crippen LogP contribution in [0, 0.1) is 5.82 Å². The summed E-state index contributed by atoms with van der Waals surface area (Å²) in [6, 6.07) is 3.88. The van der Waals surface area contributed by atoms with Gasteiger partial charge in [-0.05, 0) is 32.0 Å². The van der Waals surface area contributed by atoms with Crippen molar-refractivity contribution in [2.75, 3.05) is 10.6 Å². The first-order chi connectivity index (χ1) is 8.20. The molecule has 0 aliphatic heterocycles. The molecule has 0 aromatic heterocycles. The van der Waals surface area contributed by atoms with Gasteiger partial charge in [0.05, 0.1) is 11.2 Å². The van der Waals surface area contributed by atoms with E-state index in [2.05, 4.69) is 10.6 Å². The van der Waals surface area contributed by atoms with Crippen molar-refractivity contribution in [1.29, 1.82) is 0 Å². The van der Waals surface area contributed by atoms with Crippen molar-refractivity contribution in [3.8, 4) is 0 Å². The number of nitrogens with one attached hydrogen (secondary N) is 2.